The van der Waals surface area contributed by atoms with Gasteiger partial charge in [0.05, 0.1) is 17.1 Å². The van der Waals surface area contributed by atoms with Gasteiger partial charge >= 0.3 is 0 Å². The predicted octanol–water partition coefficient (Wildman–Crippen LogP) is 3.94. The molecule has 0 spiro atoms. The maximum Gasteiger partial charge on any atom is 0.254 e. The Morgan fingerprint density at radius 2 is 1.76 bits per heavy atom. The standard InChI is InChI=1S/C24H28F3N5O2/c1-12(2)22-23(33)30-21-13(3)28-19(11-18(21)31(22)4)29-15-5-7-32(8-6-15)24(34)14-9-16(25)20(27)17(26)10-14/h9-12,15,22H,5-8H2,1-4H3,(H,28,29)(H,30,33)/t22-/m0/s1. The highest BCUT2D eigenvalue weighted by Gasteiger charge is 2.34. The number of aryl methyl sites for hydroxylation is 1. The van der Waals surface area contributed by atoms with E-state index in [0.717, 1.165) is 17.8 Å². The average Bonchev–Trinajstić information content (AvgIpc) is 2.78. The molecule has 0 saturated carbocycles. The van der Waals surface area contributed by atoms with Crippen LogP contribution >= 0.6 is 0 Å². The van der Waals surface area contributed by atoms with E-state index >= 15 is 0 Å². The number of likely N-dealkylation sites (tertiary alicyclic amines) is 1. The van der Waals surface area contributed by atoms with Crippen molar-refractivity contribution in [1.29, 1.82) is 0 Å². The molecule has 1 aromatic carbocycles. The van der Waals surface area contributed by atoms with E-state index in [0.29, 0.717) is 43.1 Å². The van der Waals surface area contributed by atoms with Crippen LogP contribution in [0.2, 0.25) is 0 Å². The summed E-state index contributed by atoms with van der Waals surface area (Å²) in [5, 5.41) is 6.39. The van der Waals surface area contributed by atoms with Crippen molar-refractivity contribution in [2.24, 2.45) is 5.92 Å². The molecular weight excluding hydrogens is 447 g/mol. The summed E-state index contributed by atoms with van der Waals surface area (Å²) in [6.07, 6.45) is 1.22. The number of benzene rings is 1. The molecule has 0 bridgehead atoms. The van der Waals surface area contributed by atoms with Crippen LogP contribution in [0.25, 0.3) is 0 Å². The SMILES string of the molecule is Cc1nc(NC2CCN(C(=O)c3cc(F)c(F)c(F)c3)CC2)cc2c1NC(=O)[C@H](C(C)C)N2C. The van der Waals surface area contributed by atoms with Gasteiger partial charge in [-0.05, 0) is 37.8 Å². The number of pyridine rings is 1. The zero-order chi connectivity index (χ0) is 24.7. The smallest absolute Gasteiger partial charge is 0.254 e. The summed E-state index contributed by atoms with van der Waals surface area (Å²) in [5.74, 6) is -4.12. The number of carbonyl (C=O) groups is 2. The number of piperidine rings is 1. The molecule has 3 heterocycles. The molecular formula is C24H28F3N5O2. The van der Waals surface area contributed by atoms with Crippen LogP contribution in [-0.2, 0) is 4.79 Å². The number of amides is 2. The fourth-order valence-corrected chi connectivity index (χ4v) is 4.73. The van der Waals surface area contributed by atoms with Gasteiger partial charge in [-0.25, -0.2) is 18.2 Å². The van der Waals surface area contributed by atoms with E-state index in [1.165, 1.54) is 4.90 Å². The van der Waals surface area contributed by atoms with Crippen molar-refractivity contribution < 1.29 is 22.8 Å². The zero-order valence-corrected chi connectivity index (χ0v) is 19.6. The van der Waals surface area contributed by atoms with Crippen molar-refractivity contribution in [3.05, 3.63) is 46.9 Å². The first-order valence-corrected chi connectivity index (χ1v) is 11.3. The highest BCUT2D eigenvalue weighted by atomic mass is 19.2. The largest absolute Gasteiger partial charge is 0.367 e. The van der Waals surface area contributed by atoms with Crippen molar-refractivity contribution in [2.45, 2.75) is 45.7 Å². The van der Waals surface area contributed by atoms with Gasteiger partial charge in [-0.15, -0.1) is 0 Å². The van der Waals surface area contributed by atoms with Gasteiger partial charge < -0.3 is 20.4 Å². The van der Waals surface area contributed by atoms with Gasteiger partial charge in [0.1, 0.15) is 11.9 Å². The number of halogens is 3. The quantitative estimate of drug-likeness (QED) is 0.656. The lowest BCUT2D eigenvalue weighted by atomic mass is 9.98. The molecule has 2 aromatic rings. The lowest BCUT2D eigenvalue weighted by Gasteiger charge is -2.38. The third-order valence-electron chi connectivity index (χ3n) is 6.49. The first kappa shape index (κ1) is 23.8. The van der Waals surface area contributed by atoms with Crippen LogP contribution < -0.4 is 15.5 Å². The molecule has 2 amide bonds. The maximum absolute atomic E-state index is 13.5. The number of nitrogens with zero attached hydrogens (tertiary/aromatic N) is 3. The monoisotopic (exact) mass is 475 g/mol. The molecule has 0 unspecified atom stereocenters. The van der Waals surface area contributed by atoms with Crippen molar-refractivity contribution in [1.82, 2.24) is 9.88 Å². The zero-order valence-electron chi connectivity index (χ0n) is 19.6. The van der Waals surface area contributed by atoms with Crippen molar-refractivity contribution >= 4 is 29.0 Å². The summed E-state index contributed by atoms with van der Waals surface area (Å²) in [6.45, 7) is 6.61. The van der Waals surface area contributed by atoms with Gasteiger partial charge in [0.15, 0.2) is 17.5 Å². The number of hydrogen-bond donors (Lipinski definition) is 2. The minimum atomic E-state index is -1.59. The van der Waals surface area contributed by atoms with E-state index in [9.17, 15) is 22.8 Å². The lowest BCUT2D eigenvalue weighted by molar-refractivity contribution is -0.118. The van der Waals surface area contributed by atoms with E-state index in [2.05, 4.69) is 15.6 Å². The topological polar surface area (TPSA) is 77.6 Å². The van der Waals surface area contributed by atoms with E-state index in [1.54, 1.807) is 0 Å². The molecule has 2 aliphatic rings. The Labute approximate surface area is 196 Å². The second-order valence-electron chi connectivity index (χ2n) is 9.24. The van der Waals surface area contributed by atoms with E-state index in [-0.39, 0.29) is 29.5 Å². The van der Waals surface area contributed by atoms with Crippen LogP contribution in [0.5, 0.6) is 0 Å². The summed E-state index contributed by atoms with van der Waals surface area (Å²) in [7, 11) is 1.90. The Balaban J connectivity index is 1.43. The summed E-state index contributed by atoms with van der Waals surface area (Å²) in [4.78, 5) is 33.2. The van der Waals surface area contributed by atoms with Crippen LogP contribution in [0.15, 0.2) is 18.2 Å². The molecule has 0 aliphatic carbocycles. The number of rotatable bonds is 4. The Bertz CT molecular complexity index is 1110. The third kappa shape index (κ3) is 4.41. The first-order valence-electron chi connectivity index (χ1n) is 11.3. The van der Waals surface area contributed by atoms with Crippen molar-refractivity contribution in [3.63, 3.8) is 0 Å². The number of nitrogens with one attached hydrogen (secondary N) is 2. The van der Waals surface area contributed by atoms with E-state index in [4.69, 9.17) is 0 Å². The minimum absolute atomic E-state index is 0.0417. The fourth-order valence-electron chi connectivity index (χ4n) is 4.73. The molecule has 0 radical (unpaired) electrons. The number of fused-ring (bicyclic) bond motifs is 1. The Morgan fingerprint density at radius 1 is 1.15 bits per heavy atom. The number of anilines is 3. The highest BCUT2D eigenvalue weighted by molar-refractivity contribution is 6.04. The molecule has 7 nitrogen and oxygen atoms in total. The van der Waals surface area contributed by atoms with Crippen LogP contribution in [0.1, 0.15) is 42.7 Å². The van der Waals surface area contributed by atoms with E-state index < -0.39 is 23.4 Å². The second kappa shape index (κ2) is 9.15. The average molecular weight is 476 g/mol. The van der Waals surface area contributed by atoms with Gasteiger partial charge in [-0.1, -0.05) is 13.8 Å². The lowest BCUT2D eigenvalue weighted by Crippen LogP contribution is -2.49. The summed E-state index contributed by atoms with van der Waals surface area (Å²) in [6, 6.07) is 3.13. The third-order valence-corrected chi connectivity index (χ3v) is 6.49. The molecule has 2 N–H and O–H groups in total. The highest BCUT2D eigenvalue weighted by Crippen LogP contribution is 2.37. The predicted molar refractivity (Wildman–Crippen MR) is 123 cm³/mol. The van der Waals surface area contributed by atoms with Crippen molar-refractivity contribution in [3.8, 4) is 0 Å². The Kier molecular flexibility index (Phi) is 6.42. The fraction of sp³-hybridized carbons (Fsp3) is 0.458. The molecule has 1 aromatic heterocycles. The van der Waals surface area contributed by atoms with Gasteiger partial charge in [0.25, 0.3) is 5.91 Å². The molecule has 182 valence electrons. The van der Waals surface area contributed by atoms with Gasteiger partial charge in [0.2, 0.25) is 5.91 Å². The molecule has 1 saturated heterocycles. The number of hydrogen-bond acceptors (Lipinski definition) is 5. The normalized spacial score (nSPS) is 18.7. The maximum atomic E-state index is 13.5. The summed E-state index contributed by atoms with van der Waals surface area (Å²) in [5.41, 5.74) is 2.09. The van der Waals surface area contributed by atoms with E-state index in [1.807, 2.05) is 38.8 Å². The van der Waals surface area contributed by atoms with Crippen LogP contribution in [-0.4, -0.2) is 53.9 Å². The van der Waals surface area contributed by atoms with Crippen LogP contribution in [0.3, 0.4) is 0 Å². The van der Waals surface area contributed by atoms with Gasteiger partial charge in [-0.2, -0.15) is 0 Å². The second-order valence-corrected chi connectivity index (χ2v) is 9.24. The molecule has 2 aliphatic heterocycles. The van der Waals surface area contributed by atoms with Gasteiger partial charge in [0, 0.05) is 37.8 Å². The summed E-state index contributed by atoms with van der Waals surface area (Å²) < 4.78 is 40.2. The minimum Gasteiger partial charge on any atom is -0.367 e. The number of carbonyl (C=O) groups excluding carboxylic acids is 2. The first-order chi connectivity index (χ1) is 16.1. The Morgan fingerprint density at radius 3 is 2.35 bits per heavy atom. The molecule has 34 heavy (non-hydrogen) atoms. The van der Waals surface area contributed by atoms with Crippen LogP contribution in [0, 0.1) is 30.3 Å². The molecule has 1 atom stereocenters. The molecule has 10 heteroatoms. The van der Waals surface area contributed by atoms with Crippen LogP contribution in [0.4, 0.5) is 30.4 Å². The molecule has 4 rings (SSSR count). The summed E-state index contributed by atoms with van der Waals surface area (Å²) >= 11 is 0. The molecule has 1 fully saturated rings. The van der Waals surface area contributed by atoms with Crippen molar-refractivity contribution in [2.75, 3.05) is 35.7 Å². The number of aromatic nitrogens is 1. The van der Waals surface area contributed by atoms with Gasteiger partial charge in [-0.3, -0.25) is 9.59 Å². The Hall–Kier alpha value is -3.30. The number of likely N-dealkylation sites (N-methyl/N-ethyl adjacent to an activating group) is 1.